The molecule has 4 fully saturated rings. The topological polar surface area (TPSA) is 0 Å². The Morgan fingerprint density at radius 3 is 1.84 bits per heavy atom. The van der Waals surface area contributed by atoms with E-state index in [1.807, 2.05) is 0 Å². The maximum absolute atomic E-state index is 2.68. The summed E-state index contributed by atoms with van der Waals surface area (Å²) in [6.07, 6.45) is 11.9. The van der Waals surface area contributed by atoms with Gasteiger partial charge in [-0.3, -0.25) is 0 Å². The minimum atomic E-state index is 0.652. The van der Waals surface area contributed by atoms with Gasteiger partial charge in [0, 0.05) is 0 Å². The Balaban J connectivity index is 1.40. The number of hydrogen-bond acceptors (Lipinski definition) is 0. The number of aryl methyl sites for hydroxylation is 2. The van der Waals surface area contributed by atoms with Crippen LogP contribution in [0.2, 0.25) is 0 Å². The molecule has 0 saturated heterocycles. The smallest absolute Gasteiger partial charge is 0.0154 e. The molecule has 0 amide bonds. The summed E-state index contributed by atoms with van der Waals surface area (Å²) in [7, 11) is 0. The second-order valence-corrected chi connectivity index (χ2v) is 11.9. The zero-order valence-electron chi connectivity index (χ0n) is 19.8. The fourth-order valence-electron chi connectivity index (χ4n) is 9.91. The van der Waals surface area contributed by atoms with Gasteiger partial charge in [0.1, 0.15) is 0 Å². The fraction of sp³-hybridized carbons (Fsp3) is 0.613. The second-order valence-electron chi connectivity index (χ2n) is 11.9. The van der Waals surface area contributed by atoms with Gasteiger partial charge >= 0.3 is 0 Å². The largest absolute Gasteiger partial charge is 0.0620 e. The van der Waals surface area contributed by atoms with Gasteiger partial charge < -0.3 is 0 Å². The van der Waals surface area contributed by atoms with E-state index in [-0.39, 0.29) is 0 Å². The normalized spacial score (nSPS) is 41.5. The van der Waals surface area contributed by atoms with E-state index in [0.717, 1.165) is 41.4 Å². The first-order valence-corrected chi connectivity index (χ1v) is 13.2. The molecule has 4 saturated carbocycles. The molecule has 164 valence electrons. The first kappa shape index (κ1) is 20.1. The Bertz CT molecular complexity index is 954. The Morgan fingerprint density at radius 1 is 0.677 bits per heavy atom. The number of fused-ring (bicyclic) bond motifs is 1. The molecule has 1 spiro atoms. The van der Waals surface area contributed by atoms with Crippen LogP contribution in [0, 0.1) is 48.9 Å². The molecule has 6 rings (SSSR count). The molecule has 6 unspecified atom stereocenters. The van der Waals surface area contributed by atoms with Crippen LogP contribution in [-0.2, 0) is 0 Å². The van der Waals surface area contributed by atoms with Crippen molar-refractivity contribution in [2.75, 3.05) is 0 Å². The SMILES string of the molecule is Cc1ccccc1C1CC(C)C23C4CCCC4C[C@@H]2CC(c2ccccc2C)C[C@@H]3C1. The van der Waals surface area contributed by atoms with Crippen molar-refractivity contribution >= 4 is 0 Å². The first-order valence-electron chi connectivity index (χ1n) is 13.2. The lowest BCUT2D eigenvalue weighted by Crippen LogP contribution is -2.52. The summed E-state index contributed by atoms with van der Waals surface area (Å²) in [5.41, 5.74) is 7.01. The summed E-state index contributed by atoms with van der Waals surface area (Å²) >= 11 is 0. The van der Waals surface area contributed by atoms with E-state index >= 15 is 0 Å². The Morgan fingerprint density at radius 2 is 1.23 bits per heavy atom. The lowest BCUT2D eigenvalue weighted by atomic mass is 9.45. The van der Waals surface area contributed by atoms with Crippen molar-refractivity contribution in [2.24, 2.45) is 35.0 Å². The molecule has 4 aliphatic rings. The van der Waals surface area contributed by atoms with Gasteiger partial charge in [-0.25, -0.2) is 0 Å². The highest BCUT2D eigenvalue weighted by atomic mass is 14.7. The molecule has 4 aliphatic carbocycles. The lowest BCUT2D eigenvalue weighted by Gasteiger charge is -2.60. The van der Waals surface area contributed by atoms with Gasteiger partial charge in [0.15, 0.2) is 0 Å². The molecule has 0 bridgehead atoms. The maximum Gasteiger partial charge on any atom is -0.0154 e. The van der Waals surface area contributed by atoms with E-state index in [0.29, 0.717) is 5.41 Å². The van der Waals surface area contributed by atoms with Gasteiger partial charge in [0.2, 0.25) is 0 Å². The molecule has 0 nitrogen and oxygen atoms in total. The lowest BCUT2D eigenvalue weighted by molar-refractivity contribution is -0.0888. The van der Waals surface area contributed by atoms with Crippen LogP contribution in [-0.4, -0.2) is 0 Å². The van der Waals surface area contributed by atoms with Crippen LogP contribution < -0.4 is 0 Å². The van der Waals surface area contributed by atoms with E-state index in [1.165, 1.54) is 56.1 Å². The molecule has 2 aromatic carbocycles. The van der Waals surface area contributed by atoms with Crippen LogP contribution in [0.5, 0.6) is 0 Å². The van der Waals surface area contributed by atoms with Gasteiger partial charge in [-0.1, -0.05) is 68.3 Å². The van der Waals surface area contributed by atoms with Crippen molar-refractivity contribution < 1.29 is 0 Å². The van der Waals surface area contributed by atoms with Gasteiger partial charge in [0.25, 0.3) is 0 Å². The molecule has 0 N–H and O–H groups in total. The highest BCUT2D eigenvalue weighted by molar-refractivity contribution is 5.33. The third-order valence-electron chi connectivity index (χ3n) is 10.8. The molecular weight excluding hydrogens is 372 g/mol. The highest BCUT2D eigenvalue weighted by Gasteiger charge is 2.65. The van der Waals surface area contributed by atoms with E-state index in [2.05, 4.69) is 69.3 Å². The van der Waals surface area contributed by atoms with Crippen molar-refractivity contribution in [1.82, 2.24) is 0 Å². The van der Waals surface area contributed by atoms with Crippen molar-refractivity contribution in [3.63, 3.8) is 0 Å². The van der Waals surface area contributed by atoms with Gasteiger partial charge in [-0.2, -0.15) is 0 Å². The summed E-state index contributed by atoms with van der Waals surface area (Å²) in [6.45, 7) is 7.37. The average molecular weight is 413 g/mol. The van der Waals surface area contributed by atoms with Crippen LogP contribution in [0.1, 0.15) is 92.4 Å². The summed E-state index contributed by atoms with van der Waals surface area (Å²) in [6, 6.07) is 18.6. The maximum atomic E-state index is 2.68. The van der Waals surface area contributed by atoms with Crippen LogP contribution in [0.25, 0.3) is 0 Å². The third-order valence-corrected chi connectivity index (χ3v) is 10.8. The molecule has 0 heterocycles. The molecule has 0 heteroatoms. The fourth-order valence-corrected chi connectivity index (χ4v) is 9.91. The summed E-state index contributed by atoms with van der Waals surface area (Å²) in [5.74, 6) is 6.39. The molecule has 31 heavy (non-hydrogen) atoms. The highest BCUT2D eigenvalue weighted by Crippen LogP contribution is 2.73. The Labute approximate surface area is 189 Å². The Hall–Kier alpha value is -1.56. The van der Waals surface area contributed by atoms with Crippen LogP contribution in [0.15, 0.2) is 48.5 Å². The van der Waals surface area contributed by atoms with Crippen molar-refractivity contribution in [3.05, 3.63) is 70.8 Å². The molecule has 0 radical (unpaired) electrons. The monoisotopic (exact) mass is 412 g/mol. The zero-order chi connectivity index (χ0) is 21.2. The molecule has 0 aromatic heterocycles. The standard InChI is InChI=1S/C31H40/c1-20-9-4-6-12-28(20)24-15-22(3)31-26(16-23-11-8-14-30(23)31)18-25(19-27(31)17-24)29-13-7-5-10-21(29)2/h4-7,9-10,12-13,22-27,30H,8,11,14-19H2,1-3H3/t22?,23?,24?,25?,26-,27+,30?,31?/m1/s1. The Kier molecular flexibility index (Phi) is 4.86. The predicted octanol–water partition coefficient (Wildman–Crippen LogP) is 8.43. The number of hydrogen-bond donors (Lipinski definition) is 0. The van der Waals surface area contributed by atoms with Crippen molar-refractivity contribution in [2.45, 2.75) is 84.0 Å². The first-order chi connectivity index (χ1) is 15.1. The quantitative estimate of drug-likeness (QED) is 0.464. The van der Waals surface area contributed by atoms with Gasteiger partial charge in [-0.15, -0.1) is 0 Å². The molecule has 8 atom stereocenters. The molecular formula is C31H40. The third kappa shape index (κ3) is 2.93. The minimum absolute atomic E-state index is 0.652. The predicted molar refractivity (Wildman–Crippen MR) is 130 cm³/mol. The van der Waals surface area contributed by atoms with E-state index in [1.54, 1.807) is 17.5 Å². The molecule has 0 aliphatic heterocycles. The summed E-state index contributed by atoms with van der Waals surface area (Å²) < 4.78 is 0. The zero-order valence-corrected chi connectivity index (χ0v) is 19.8. The van der Waals surface area contributed by atoms with Gasteiger partial charge in [0.05, 0.1) is 0 Å². The van der Waals surface area contributed by atoms with Crippen molar-refractivity contribution in [1.29, 1.82) is 0 Å². The summed E-state index contributed by atoms with van der Waals surface area (Å²) in [4.78, 5) is 0. The summed E-state index contributed by atoms with van der Waals surface area (Å²) in [5, 5.41) is 0. The van der Waals surface area contributed by atoms with E-state index < -0.39 is 0 Å². The van der Waals surface area contributed by atoms with E-state index in [9.17, 15) is 0 Å². The minimum Gasteiger partial charge on any atom is -0.0620 e. The van der Waals surface area contributed by atoms with Gasteiger partial charge in [-0.05, 0) is 121 Å². The number of rotatable bonds is 2. The second kappa shape index (κ2) is 7.50. The van der Waals surface area contributed by atoms with Crippen LogP contribution in [0.3, 0.4) is 0 Å². The number of benzene rings is 2. The molecule has 2 aromatic rings. The van der Waals surface area contributed by atoms with E-state index in [4.69, 9.17) is 0 Å². The van der Waals surface area contributed by atoms with Crippen LogP contribution >= 0.6 is 0 Å². The van der Waals surface area contributed by atoms with Crippen molar-refractivity contribution in [3.8, 4) is 0 Å². The van der Waals surface area contributed by atoms with Crippen LogP contribution in [0.4, 0.5) is 0 Å². The average Bonchev–Trinajstić information content (AvgIpc) is 3.34.